The average molecular weight is 345 g/mol. The number of hydrogen-bond acceptors (Lipinski definition) is 5. The third-order valence-corrected chi connectivity index (χ3v) is 5.91. The third kappa shape index (κ3) is 3.17. The van der Waals surface area contributed by atoms with Gasteiger partial charge in [-0.1, -0.05) is 0 Å². The zero-order valence-electron chi connectivity index (χ0n) is 13.8. The van der Waals surface area contributed by atoms with Crippen LogP contribution in [-0.4, -0.2) is 51.2 Å². The van der Waals surface area contributed by atoms with Crippen LogP contribution in [0.3, 0.4) is 0 Å². The van der Waals surface area contributed by atoms with Gasteiger partial charge < -0.3 is 9.80 Å². The van der Waals surface area contributed by atoms with Crippen molar-refractivity contribution in [1.82, 2.24) is 19.7 Å². The number of aromatic nitrogens is 3. The number of likely N-dealkylation sites (tertiary alicyclic amines) is 1. The van der Waals surface area contributed by atoms with E-state index in [0.717, 1.165) is 57.0 Å². The van der Waals surface area contributed by atoms with Crippen molar-refractivity contribution in [3.63, 3.8) is 0 Å². The Morgan fingerprint density at radius 2 is 2.17 bits per heavy atom. The molecule has 0 radical (unpaired) electrons. The van der Waals surface area contributed by atoms with Gasteiger partial charge >= 0.3 is 0 Å². The van der Waals surface area contributed by atoms with E-state index < -0.39 is 0 Å². The summed E-state index contributed by atoms with van der Waals surface area (Å²) in [6.07, 6.45) is 9.85. The first kappa shape index (κ1) is 15.6. The molecule has 24 heavy (non-hydrogen) atoms. The molecular formula is C17H23N5OS. The number of amides is 1. The summed E-state index contributed by atoms with van der Waals surface area (Å²) in [6.45, 7) is 3.51. The summed E-state index contributed by atoms with van der Waals surface area (Å²) in [4.78, 5) is 21.9. The minimum absolute atomic E-state index is 0.0980. The van der Waals surface area contributed by atoms with Crippen LogP contribution in [-0.2, 0) is 11.3 Å². The van der Waals surface area contributed by atoms with Gasteiger partial charge in [-0.2, -0.15) is 5.10 Å². The van der Waals surface area contributed by atoms with Crippen LogP contribution in [0, 0.1) is 5.92 Å². The molecule has 4 heterocycles. The number of hydrogen-bond donors (Lipinski definition) is 0. The van der Waals surface area contributed by atoms with Crippen molar-refractivity contribution < 1.29 is 4.79 Å². The fraction of sp³-hybridized carbons (Fsp3) is 0.588. The van der Waals surface area contributed by atoms with E-state index in [9.17, 15) is 4.79 Å². The molecule has 6 nitrogen and oxygen atoms in total. The van der Waals surface area contributed by atoms with E-state index in [-0.39, 0.29) is 12.0 Å². The van der Waals surface area contributed by atoms with Crippen molar-refractivity contribution in [2.24, 2.45) is 5.92 Å². The summed E-state index contributed by atoms with van der Waals surface area (Å²) in [5.41, 5.74) is 0. The van der Waals surface area contributed by atoms with E-state index in [0.29, 0.717) is 5.91 Å². The highest BCUT2D eigenvalue weighted by atomic mass is 32.1. The third-order valence-electron chi connectivity index (χ3n) is 5.08. The molecule has 0 aliphatic carbocycles. The monoisotopic (exact) mass is 345 g/mol. The lowest BCUT2D eigenvalue weighted by atomic mass is 9.96. The first-order valence-electron chi connectivity index (χ1n) is 8.73. The van der Waals surface area contributed by atoms with Gasteiger partial charge in [0.1, 0.15) is 0 Å². The summed E-state index contributed by atoms with van der Waals surface area (Å²) in [5, 5.41) is 7.34. The van der Waals surface area contributed by atoms with Crippen LogP contribution in [0.1, 0.15) is 25.7 Å². The standard InChI is InChI=1S/C17H23N5OS/c23-16(14-4-1-8-20(12-14)17-18-7-11-24-17)22-10-2-5-15(22)13-21-9-3-6-19-21/h3,6-7,9,11,14-15H,1-2,4-5,8,10,12-13H2/t14-,15+/m0/s1. The molecule has 0 saturated carbocycles. The lowest BCUT2D eigenvalue weighted by Gasteiger charge is -2.35. The Balaban J connectivity index is 1.42. The molecule has 2 aromatic rings. The highest BCUT2D eigenvalue weighted by Crippen LogP contribution is 2.28. The van der Waals surface area contributed by atoms with Gasteiger partial charge in [0.25, 0.3) is 0 Å². The van der Waals surface area contributed by atoms with E-state index >= 15 is 0 Å². The number of rotatable bonds is 4. The van der Waals surface area contributed by atoms with Crippen molar-refractivity contribution in [2.45, 2.75) is 38.3 Å². The molecule has 2 saturated heterocycles. The lowest BCUT2D eigenvalue weighted by Crippen LogP contribution is -2.47. The fourth-order valence-electron chi connectivity index (χ4n) is 3.90. The number of carbonyl (C=O) groups is 1. The summed E-state index contributed by atoms with van der Waals surface area (Å²) >= 11 is 1.66. The SMILES string of the molecule is O=C([C@H]1CCCN(c2nccs2)C1)N1CCC[C@@H]1Cn1cccn1. The van der Waals surface area contributed by atoms with Crippen LogP contribution in [0.2, 0.25) is 0 Å². The van der Waals surface area contributed by atoms with E-state index in [4.69, 9.17) is 0 Å². The van der Waals surface area contributed by atoms with Gasteiger partial charge in [0.15, 0.2) is 5.13 Å². The molecular weight excluding hydrogens is 322 g/mol. The minimum Gasteiger partial charge on any atom is -0.347 e. The predicted octanol–water partition coefficient (Wildman–Crippen LogP) is 2.25. The van der Waals surface area contributed by atoms with Crippen LogP contribution in [0.4, 0.5) is 5.13 Å². The number of nitrogens with zero attached hydrogens (tertiary/aromatic N) is 5. The molecule has 7 heteroatoms. The van der Waals surface area contributed by atoms with E-state index in [2.05, 4.69) is 19.9 Å². The van der Waals surface area contributed by atoms with Crippen LogP contribution in [0.5, 0.6) is 0 Å². The average Bonchev–Trinajstić information content (AvgIpc) is 3.37. The lowest BCUT2D eigenvalue weighted by molar-refractivity contribution is -0.136. The maximum absolute atomic E-state index is 13.1. The second-order valence-electron chi connectivity index (χ2n) is 6.66. The Kier molecular flexibility index (Phi) is 4.51. The maximum atomic E-state index is 13.1. The first-order valence-corrected chi connectivity index (χ1v) is 9.61. The number of piperidine rings is 1. The normalized spacial score (nSPS) is 24.5. The molecule has 1 amide bonds. The summed E-state index contributed by atoms with van der Waals surface area (Å²) in [6, 6.07) is 2.22. The van der Waals surface area contributed by atoms with E-state index in [1.807, 2.05) is 28.5 Å². The van der Waals surface area contributed by atoms with Gasteiger partial charge in [-0.3, -0.25) is 9.48 Å². The molecule has 128 valence electrons. The van der Waals surface area contributed by atoms with E-state index in [1.165, 1.54) is 0 Å². The molecule has 2 atom stereocenters. The molecule has 2 aromatic heterocycles. The Bertz CT molecular complexity index is 657. The summed E-state index contributed by atoms with van der Waals surface area (Å²) in [7, 11) is 0. The summed E-state index contributed by atoms with van der Waals surface area (Å²) in [5.74, 6) is 0.423. The number of anilines is 1. The second-order valence-corrected chi connectivity index (χ2v) is 7.53. The molecule has 0 bridgehead atoms. The molecule has 2 fully saturated rings. The van der Waals surface area contributed by atoms with Crippen molar-refractivity contribution in [1.29, 1.82) is 0 Å². The highest BCUT2D eigenvalue weighted by molar-refractivity contribution is 7.13. The van der Waals surface area contributed by atoms with Gasteiger partial charge in [-0.15, -0.1) is 11.3 Å². The Morgan fingerprint density at radius 1 is 1.25 bits per heavy atom. The second kappa shape index (κ2) is 6.93. The largest absolute Gasteiger partial charge is 0.347 e. The zero-order valence-corrected chi connectivity index (χ0v) is 14.6. The minimum atomic E-state index is 0.0980. The molecule has 2 aliphatic rings. The zero-order chi connectivity index (χ0) is 16.4. The number of carbonyl (C=O) groups excluding carboxylic acids is 1. The van der Waals surface area contributed by atoms with Gasteiger partial charge in [-0.05, 0) is 31.7 Å². The van der Waals surface area contributed by atoms with Gasteiger partial charge in [0.05, 0.1) is 18.5 Å². The van der Waals surface area contributed by atoms with Crippen LogP contribution in [0.15, 0.2) is 30.0 Å². The van der Waals surface area contributed by atoms with Gasteiger partial charge in [-0.25, -0.2) is 4.98 Å². The molecule has 0 N–H and O–H groups in total. The Labute approximate surface area is 146 Å². The topological polar surface area (TPSA) is 54.3 Å². The Morgan fingerprint density at radius 3 is 2.96 bits per heavy atom. The predicted molar refractivity (Wildman–Crippen MR) is 94.0 cm³/mol. The van der Waals surface area contributed by atoms with Crippen molar-refractivity contribution in [2.75, 3.05) is 24.5 Å². The Hall–Kier alpha value is -1.89. The quantitative estimate of drug-likeness (QED) is 0.853. The molecule has 0 spiro atoms. The smallest absolute Gasteiger partial charge is 0.227 e. The van der Waals surface area contributed by atoms with Gasteiger partial charge in [0.2, 0.25) is 5.91 Å². The summed E-state index contributed by atoms with van der Waals surface area (Å²) < 4.78 is 1.94. The maximum Gasteiger partial charge on any atom is 0.227 e. The molecule has 0 aromatic carbocycles. The van der Waals surface area contributed by atoms with Gasteiger partial charge in [0, 0.05) is 43.6 Å². The van der Waals surface area contributed by atoms with Crippen molar-refractivity contribution >= 4 is 22.4 Å². The highest BCUT2D eigenvalue weighted by Gasteiger charge is 2.35. The molecule has 2 aliphatic heterocycles. The van der Waals surface area contributed by atoms with E-state index in [1.54, 1.807) is 17.5 Å². The number of thiazole rings is 1. The fourth-order valence-corrected chi connectivity index (χ4v) is 4.58. The first-order chi connectivity index (χ1) is 11.8. The molecule has 0 unspecified atom stereocenters. The van der Waals surface area contributed by atoms with Crippen LogP contribution >= 0.6 is 11.3 Å². The van der Waals surface area contributed by atoms with Crippen molar-refractivity contribution in [3.8, 4) is 0 Å². The van der Waals surface area contributed by atoms with Crippen molar-refractivity contribution in [3.05, 3.63) is 30.0 Å². The molecule has 4 rings (SSSR count). The van der Waals surface area contributed by atoms with Crippen LogP contribution in [0.25, 0.3) is 0 Å². The van der Waals surface area contributed by atoms with Crippen LogP contribution < -0.4 is 4.90 Å².